The van der Waals surface area contributed by atoms with Crippen LogP contribution < -0.4 is 10.2 Å². The number of rotatable bonds is 5. The molecule has 2 rings (SSSR count). The summed E-state index contributed by atoms with van der Waals surface area (Å²) in [6.45, 7) is 9.12. The fourth-order valence-corrected chi connectivity index (χ4v) is 2.43. The van der Waals surface area contributed by atoms with E-state index in [1.54, 1.807) is 0 Å². The number of piperazine rings is 1. The lowest BCUT2D eigenvalue weighted by atomic mass is 10.2. The summed E-state index contributed by atoms with van der Waals surface area (Å²) < 4.78 is 0. The molecule has 1 aromatic rings. The minimum atomic E-state index is 0.221. The number of carbonyl (C=O) groups excluding carboxylic acids is 1. The summed E-state index contributed by atoms with van der Waals surface area (Å²) in [4.78, 5) is 16.4. The van der Waals surface area contributed by atoms with Crippen molar-refractivity contribution in [1.82, 2.24) is 10.2 Å². The van der Waals surface area contributed by atoms with E-state index >= 15 is 0 Å². The third-order valence-electron chi connectivity index (χ3n) is 3.58. The van der Waals surface area contributed by atoms with Gasteiger partial charge < -0.3 is 15.1 Å². The molecule has 0 unspecified atom stereocenters. The highest BCUT2D eigenvalue weighted by molar-refractivity contribution is 5.78. The van der Waals surface area contributed by atoms with E-state index in [0.29, 0.717) is 12.5 Å². The topological polar surface area (TPSA) is 35.6 Å². The zero-order valence-corrected chi connectivity index (χ0v) is 12.5. The number of anilines is 1. The molecule has 1 N–H and O–H groups in total. The van der Waals surface area contributed by atoms with Crippen LogP contribution in [-0.4, -0.2) is 50.1 Å². The largest absolute Gasteiger partial charge is 0.368 e. The van der Waals surface area contributed by atoms with Crippen LogP contribution in [0.5, 0.6) is 0 Å². The van der Waals surface area contributed by atoms with E-state index in [2.05, 4.69) is 48.3 Å². The van der Waals surface area contributed by atoms with Gasteiger partial charge in [0.25, 0.3) is 0 Å². The van der Waals surface area contributed by atoms with Crippen molar-refractivity contribution < 1.29 is 4.79 Å². The lowest BCUT2D eigenvalue weighted by Gasteiger charge is -2.36. The number of hydrogen-bond acceptors (Lipinski definition) is 3. The number of hydrogen-bond donors (Lipinski definition) is 1. The third-order valence-corrected chi connectivity index (χ3v) is 3.58. The van der Waals surface area contributed by atoms with Crippen LogP contribution in [0.3, 0.4) is 0 Å². The van der Waals surface area contributed by atoms with E-state index in [4.69, 9.17) is 0 Å². The van der Waals surface area contributed by atoms with Crippen molar-refractivity contribution in [3.05, 3.63) is 30.3 Å². The zero-order chi connectivity index (χ0) is 14.4. The van der Waals surface area contributed by atoms with E-state index in [-0.39, 0.29) is 5.91 Å². The van der Waals surface area contributed by atoms with Gasteiger partial charge in [0.05, 0.1) is 6.54 Å². The lowest BCUT2D eigenvalue weighted by Crippen LogP contribution is -2.51. The Bertz CT molecular complexity index is 411. The predicted molar refractivity (Wildman–Crippen MR) is 82.9 cm³/mol. The molecule has 1 aromatic carbocycles. The van der Waals surface area contributed by atoms with Crippen LogP contribution in [0.25, 0.3) is 0 Å². The second-order valence-corrected chi connectivity index (χ2v) is 5.73. The van der Waals surface area contributed by atoms with Crippen LogP contribution in [0.15, 0.2) is 30.3 Å². The quantitative estimate of drug-likeness (QED) is 0.886. The van der Waals surface area contributed by atoms with Crippen LogP contribution in [-0.2, 0) is 4.79 Å². The highest BCUT2D eigenvalue weighted by Crippen LogP contribution is 2.15. The molecule has 0 bridgehead atoms. The Morgan fingerprint density at radius 3 is 2.40 bits per heavy atom. The molecule has 4 heteroatoms. The van der Waals surface area contributed by atoms with Crippen molar-refractivity contribution in [1.29, 1.82) is 0 Å². The Kier molecular flexibility index (Phi) is 5.41. The van der Waals surface area contributed by atoms with Crippen molar-refractivity contribution in [2.45, 2.75) is 13.8 Å². The second kappa shape index (κ2) is 7.29. The van der Waals surface area contributed by atoms with Crippen LogP contribution in [0.4, 0.5) is 5.69 Å². The maximum absolute atomic E-state index is 12.1. The van der Waals surface area contributed by atoms with Gasteiger partial charge in [-0.05, 0) is 24.6 Å². The summed E-state index contributed by atoms with van der Waals surface area (Å²) >= 11 is 0. The molecule has 1 aliphatic heterocycles. The normalized spacial score (nSPS) is 15.8. The third kappa shape index (κ3) is 4.23. The first-order chi connectivity index (χ1) is 9.66. The van der Waals surface area contributed by atoms with Crippen molar-refractivity contribution in [3.63, 3.8) is 0 Å². The SMILES string of the molecule is CC(C)CNCC(=O)N1CCN(c2ccccc2)CC1. The molecule has 0 saturated carbocycles. The van der Waals surface area contributed by atoms with Gasteiger partial charge in [-0.2, -0.15) is 0 Å². The minimum Gasteiger partial charge on any atom is -0.368 e. The van der Waals surface area contributed by atoms with Gasteiger partial charge in [-0.3, -0.25) is 4.79 Å². The number of nitrogens with zero attached hydrogens (tertiary/aromatic N) is 2. The first kappa shape index (κ1) is 14.9. The van der Waals surface area contributed by atoms with Gasteiger partial charge in [0.2, 0.25) is 5.91 Å². The second-order valence-electron chi connectivity index (χ2n) is 5.73. The van der Waals surface area contributed by atoms with Gasteiger partial charge in [-0.1, -0.05) is 32.0 Å². The smallest absolute Gasteiger partial charge is 0.236 e. The molecule has 4 nitrogen and oxygen atoms in total. The summed E-state index contributed by atoms with van der Waals surface area (Å²) in [7, 11) is 0. The molecule has 1 saturated heterocycles. The van der Waals surface area contributed by atoms with Gasteiger partial charge in [-0.15, -0.1) is 0 Å². The molecule has 0 aliphatic carbocycles. The summed E-state index contributed by atoms with van der Waals surface area (Å²) in [5, 5.41) is 3.22. The summed E-state index contributed by atoms with van der Waals surface area (Å²) in [5.74, 6) is 0.802. The van der Waals surface area contributed by atoms with Crippen LogP contribution in [0, 0.1) is 5.92 Å². The van der Waals surface area contributed by atoms with Crippen molar-refractivity contribution >= 4 is 11.6 Å². The van der Waals surface area contributed by atoms with Gasteiger partial charge in [-0.25, -0.2) is 0 Å². The lowest BCUT2D eigenvalue weighted by molar-refractivity contribution is -0.130. The number of para-hydroxylation sites is 1. The Labute approximate surface area is 121 Å². The summed E-state index contributed by atoms with van der Waals surface area (Å²) in [5.41, 5.74) is 1.25. The van der Waals surface area contributed by atoms with E-state index in [1.165, 1.54) is 5.69 Å². The number of benzene rings is 1. The molecule has 1 fully saturated rings. The highest BCUT2D eigenvalue weighted by Gasteiger charge is 2.20. The number of nitrogens with one attached hydrogen (secondary N) is 1. The average molecular weight is 275 g/mol. The molecule has 0 radical (unpaired) electrons. The molecule has 1 amide bonds. The Hall–Kier alpha value is -1.55. The van der Waals surface area contributed by atoms with Gasteiger partial charge in [0.15, 0.2) is 0 Å². The average Bonchev–Trinajstić information content (AvgIpc) is 2.48. The summed E-state index contributed by atoms with van der Waals surface area (Å²) in [6, 6.07) is 10.4. The van der Waals surface area contributed by atoms with Gasteiger partial charge >= 0.3 is 0 Å². The molecular formula is C16H25N3O. The fraction of sp³-hybridized carbons (Fsp3) is 0.562. The molecule has 1 aliphatic rings. The Morgan fingerprint density at radius 1 is 1.15 bits per heavy atom. The van der Waals surface area contributed by atoms with E-state index < -0.39 is 0 Å². The van der Waals surface area contributed by atoms with E-state index in [9.17, 15) is 4.79 Å². The molecular weight excluding hydrogens is 250 g/mol. The maximum atomic E-state index is 12.1. The first-order valence-electron chi connectivity index (χ1n) is 7.45. The van der Waals surface area contributed by atoms with Gasteiger partial charge in [0, 0.05) is 31.9 Å². The van der Waals surface area contributed by atoms with Crippen LogP contribution in [0.1, 0.15) is 13.8 Å². The molecule has 20 heavy (non-hydrogen) atoms. The summed E-state index contributed by atoms with van der Waals surface area (Å²) in [6.07, 6.45) is 0. The van der Waals surface area contributed by atoms with Crippen molar-refractivity contribution in [2.24, 2.45) is 5.92 Å². The molecule has 1 heterocycles. The van der Waals surface area contributed by atoms with E-state index in [1.807, 2.05) is 11.0 Å². The molecule has 0 spiro atoms. The highest BCUT2D eigenvalue weighted by atomic mass is 16.2. The van der Waals surface area contributed by atoms with Crippen LogP contribution >= 0.6 is 0 Å². The Balaban J connectivity index is 1.75. The Morgan fingerprint density at radius 2 is 1.80 bits per heavy atom. The maximum Gasteiger partial charge on any atom is 0.236 e. The molecule has 0 atom stereocenters. The fourth-order valence-electron chi connectivity index (χ4n) is 2.43. The van der Waals surface area contributed by atoms with Crippen LogP contribution in [0.2, 0.25) is 0 Å². The van der Waals surface area contributed by atoms with E-state index in [0.717, 1.165) is 32.7 Å². The van der Waals surface area contributed by atoms with Crippen molar-refractivity contribution in [2.75, 3.05) is 44.2 Å². The minimum absolute atomic E-state index is 0.221. The monoisotopic (exact) mass is 275 g/mol. The van der Waals surface area contributed by atoms with Crippen molar-refractivity contribution in [3.8, 4) is 0 Å². The number of amides is 1. The molecule has 110 valence electrons. The zero-order valence-electron chi connectivity index (χ0n) is 12.5. The molecule has 0 aromatic heterocycles. The number of carbonyl (C=O) groups is 1. The predicted octanol–water partition coefficient (Wildman–Crippen LogP) is 1.58. The first-order valence-corrected chi connectivity index (χ1v) is 7.45. The van der Waals surface area contributed by atoms with Gasteiger partial charge in [0.1, 0.15) is 0 Å². The standard InChI is InChI=1S/C16H25N3O/c1-14(2)12-17-13-16(20)19-10-8-18(9-11-19)15-6-4-3-5-7-15/h3-7,14,17H,8-13H2,1-2H3.